The molecule has 140 valence electrons. The zero-order valence-electron chi connectivity index (χ0n) is 15.8. The van der Waals surface area contributed by atoms with Crippen molar-refractivity contribution in [3.05, 3.63) is 59.2 Å². The third kappa shape index (κ3) is 4.46. The molecule has 0 aliphatic carbocycles. The van der Waals surface area contributed by atoms with Crippen molar-refractivity contribution in [3.8, 4) is 0 Å². The van der Waals surface area contributed by atoms with Gasteiger partial charge in [-0.05, 0) is 67.5 Å². The molecule has 2 aromatic carbocycles. The lowest BCUT2D eigenvalue weighted by atomic mass is 9.99. The fraction of sp³-hybridized carbons (Fsp3) is 0.429. The predicted octanol–water partition coefficient (Wildman–Crippen LogP) is 4.02. The summed E-state index contributed by atoms with van der Waals surface area (Å²) in [5.41, 5.74) is 3.89. The van der Waals surface area contributed by atoms with E-state index < -0.39 is 10.0 Å². The maximum absolute atomic E-state index is 12.6. The molecule has 2 aromatic rings. The summed E-state index contributed by atoms with van der Waals surface area (Å²) >= 11 is 0. The Balaban J connectivity index is 1.67. The normalized spacial score (nSPS) is 18.1. The number of piperidine rings is 1. The van der Waals surface area contributed by atoms with Crippen LogP contribution in [0, 0.1) is 19.8 Å². The van der Waals surface area contributed by atoms with Crippen molar-refractivity contribution in [1.82, 2.24) is 4.72 Å². The molecule has 1 saturated heterocycles. The van der Waals surface area contributed by atoms with E-state index in [1.807, 2.05) is 38.1 Å². The number of benzene rings is 2. The minimum atomic E-state index is -3.51. The maximum atomic E-state index is 12.6. The van der Waals surface area contributed by atoms with Gasteiger partial charge in [0.25, 0.3) is 0 Å². The van der Waals surface area contributed by atoms with E-state index in [1.165, 1.54) is 18.5 Å². The number of nitrogens with one attached hydrogen (secondary N) is 1. The van der Waals surface area contributed by atoms with Crippen molar-refractivity contribution in [2.75, 3.05) is 18.0 Å². The number of hydrogen-bond acceptors (Lipinski definition) is 3. The lowest BCUT2D eigenvalue weighted by Crippen LogP contribution is -2.34. The number of rotatable bonds is 5. The van der Waals surface area contributed by atoms with Crippen LogP contribution in [-0.4, -0.2) is 21.5 Å². The summed E-state index contributed by atoms with van der Waals surface area (Å²) in [5, 5.41) is 0. The summed E-state index contributed by atoms with van der Waals surface area (Å²) in [5.74, 6) is 0.729. The lowest BCUT2D eigenvalue weighted by Gasteiger charge is -2.32. The van der Waals surface area contributed by atoms with Crippen LogP contribution in [0.15, 0.2) is 47.4 Å². The van der Waals surface area contributed by atoms with Crippen molar-refractivity contribution >= 4 is 15.7 Å². The van der Waals surface area contributed by atoms with Crippen LogP contribution in [0.2, 0.25) is 0 Å². The quantitative estimate of drug-likeness (QED) is 0.862. The Kier molecular flexibility index (Phi) is 5.68. The highest BCUT2D eigenvalue weighted by Crippen LogP contribution is 2.23. The molecule has 1 atom stereocenters. The van der Waals surface area contributed by atoms with Gasteiger partial charge in [0.1, 0.15) is 0 Å². The predicted molar refractivity (Wildman–Crippen MR) is 107 cm³/mol. The lowest BCUT2D eigenvalue weighted by molar-refractivity contribution is 0.447. The van der Waals surface area contributed by atoms with Gasteiger partial charge >= 0.3 is 0 Å². The van der Waals surface area contributed by atoms with Crippen molar-refractivity contribution < 1.29 is 8.42 Å². The topological polar surface area (TPSA) is 49.4 Å². The first kappa shape index (κ1) is 18.9. The van der Waals surface area contributed by atoms with Crippen molar-refractivity contribution in [3.63, 3.8) is 0 Å². The van der Waals surface area contributed by atoms with E-state index in [-0.39, 0.29) is 0 Å². The Morgan fingerprint density at radius 3 is 2.54 bits per heavy atom. The van der Waals surface area contributed by atoms with Crippen LogP contribution >= 0.6 is 0 Å². The zero-order valence-corrected chi connectivity index (χ0v) is 16.6. The van der Waals surface area contributed by atoms with Gasteiger partial charge in [0.15, 0.2) is 0 Å². The maximum Gasteiger partial charge on any atom is 0.241 e. The van der Waals surface area contributed by atoms with Crippen LogP contribution in [-0.2, 0) is 16.6 Å². The highest BCUT2D eigenvalue weighted by molar-refractivity contribution is 7.89. The van der Waals surface area contributed by atoms with Crippen molar-refractivity contribution in [2.45, 2.75) is 45.1 Å². The van der Waals surface area contributed by atoms with Gasteiger partial charge in [-0.15, -0.1) is 0 Å². The first-order valence-electron chi connectivity index (χ1n) is 9.26. The zero-order chi connectivity index (χ0) is 18.7. The first-order chi connectivity index (χ1) is 12.3. The average molecular weight is 373 g/mol. The SMILES string of the molecule is Cc1ccc(C)c(S(=O)(=O)NCc2ccc(N3CCC[C@H](C)C3)cc2)c1. The second kappa shape index (κ2) is 7.80. The fourth-order valence-corrected chi connectivity index (χ4v) is 4.85. The van der Waals surface area contributed by atoms with Gasteiger partial charge in [-0.3, -0.25) is 0 Å². The van der Waals surface area contributed by atoms with E-state index in [0.717, 1.165) is 35.7 Å². The molecule has 3 rings (SSSR count). The number of anilines is 1. The molecule has 1 N–H and O–H groups in total. The second-order valence-corrected chi connectivity index (χ2v) is 9.19. The van der Waals surface area contributed by atoms with Gasteiger partial charge in [0, 0.05) is 25.3 Å². The molecule has 5 heteroatoms. The van der Waals surface area contributed by atoms with Crippen LogP contribution in [0.3, 0.4) is 0 Å². The summed E-state index contributed by atoms with van der Waals surface area (Å²) in [6.45, 7) is 8.51. The van der Waals surface area contributed by atoms with Gasteiger partial charge in [-0.25, -0.2) is 13.1 Å². The largest absolute Gasteiger partial charge is 0.371 e. The molecule has 0 aromatic heterocycles. The molecule has 4 nitrogen and oxygen atoms in total. The van der Waals surface area contributed by atoms with Crippen LogP contribution in [0.5, 0.6) is 0 Å². The van der Waals surface area contributed by atoms with Crippen LogP contribution < -0.4 is 9.62 Å². The summed E-state index contributed by atoms with van der Waals surface area (Å²) in [4.78, 5) is 2.77. The highest BCUT2D eigenvalue weighted by atomic mass is 32.2. The van der Waals surface area contributed by atoms with Gasteiger partial charge in [0.05, 0.1) is 4.90 Å². The fourth-order valence-electron chi connectivity index (χ4n) is 3.50. The standard InChI is InChI=1S/C21H28N2O2S/c1-16-6-7-18(3)21(13-16)26(24,25)22-14-19-8-10-20(11-9-19)23-12-4-5-17(2)15-23/h6-11,13,17,22H,4-5,12,14-15H2,1-3H3/t17-/m0/s1. The summed E-state index contributed by atoms with van der Waals surface area (Å²) in [6.07, 6.45) is 2.54. The van der Waals surface area contributed by atoms with E-state index in [4.69, 9.17) is 0 Å². The Morgan fingerprint density at radius 2 is 1.85 bits per heavy atom. The van der Waals surface area contributed by atoms with E-state index in [0.29, 0.717) is 11.4 Å². The monoisotopic (exact) mass is 372 g/mol. The first-order valence-corrected chi connectivity index (χ1v) is 10.7. The Labute approximate surface area is 157 Å². The van der Waals surface area contributed by atoms with Crippen LogP contribution in [0.25, 0.3) is 0 Å². The van der Waals surface area contributed by atoms with E-state index in [9.17, 15) is 8.42 Å². The van der Waals surface area contributed by atoms with E-state index >= 15 is 0 Å². The van der Waals surface area contributed by atoms with Crippen molar-refractivity contribution in [1.29, 1.82) is 0 Å². The molecule has 1 heterocycles. The van der Waals surface area contributed by atoms with E-state index in [1.54, 1.807) is 6.07 Å². The molecular formula is C21H28N2O2S. The van der Waals surface area contributed by atoms with Crippen molar-refractivity contribution in [2.24, 2.45) is 5.92 Å². The summed E-state index contributed by atoms with van der Waals surface area (Å²) < 4.78 is 27.9. The van der Waals surface area contributed by atoms with Gasteiger partial charge in [0.2, 0.25) is 10.0 Å². The number of aryl methyl sites for hydroxylation is 2. The Morgan fingerprint density at radius 1 is 1.12 bits per heavy atom. The third-order valence-electron chi connectivity index (χ3n) is 5.06. The van der Waals surface area contributed by atoms with Gasteiger partial charge in [-0.1, -0.05) is 31.2 Å². The number of hydrogen-bond donors (Lipinski definition) is 1. The molecular weight excluding hydrogens is 344 g/mol. The van der Waals surface area contributed by atoms with Gasteiger partial charge in [-0.2, -0.15) is 0 Å². The van der Waals surface area contributed by atoms with Crippen LogP contribution in [0.1, 0.15) is 36.5 Å². The smallest absolute Gasteiger partial charge is 0.241 e. The Hall–Kier alpha value is -1.85. The molecule has 0 unspecified atom stereocenters. The molecule has 1 aliphatic rings. The Bertz CT molecular complexity index is 860. The average Bonchev–Trinajstić information content (AvgIpc) is 2.62. The molecule has 1 aliphatic heterocycles. The highest BCUT2D eigenvalue weighted by Gasteiger charge is 2.18. The number of sulfonamides is 1. The number of nitrogens with zero attached hydrogens (tertiary/aromatic N) is 1. The summed E-state index contributed by atoms with van der Waals surface area (Å²) in [7, 11) is -3.51. The molecule has 1 fully saturated rings. The summed E-state index contributed by atoms with van der Waals surface area (Å²) in [6, 6.07) is 13.7. The molecule has 0 spiro atoms. The minimum Gasteiger partial charge on any atom is -0.371 e. The van der Waals surface area contributed by atoms with Crippen LogP contribution in [0.4, 0.5) is 5.69 Å². The molecule has 0 radical (unpaired) electrons. The molecule has 0 saturated carbocycles. The molecule has 0 bridgehead atoms. The van der Waals surface area contributed by atoms with E-state index in [2.05, 4.69) is 28.7 Å². The molecule has 0 amide bonds. The van der Waals surface area contributed by atoms with Gasteiger partial charge < -0.3 is 4.90 Å². The molecule has 26 heavy (non-hydrogen) atoms. The third-order valence-corrected chi connectivity index (χ3v) is 6.60. The minimum absolute atomic E-state index is 0.298. The second-order valence-electron chi connectivity index (χ2n) is 7.45.